The number of anilines is 1. The van der Waals surface area contributed by atoms with Gasteiger partial charge in [-0.25, -0.2) is 8.42 Å². The molecule has 0 bridgehead atoms. The van der Waals surface area contributed by atoms with Crippen molar-refractivity contribution < 1.29 is 18.0 Å². The number of benzene rings is 3. The van der Waals surface area contributed by atoms with E-state index in [1.54, 1.807) is 37.3 Å². The lowest BCUT2D eigenvalue weighted by Crippen LogP contribution is -2.52. The molecule has 0 saturated carbocycles. The number of amides is 2. The van der Waals surface area contributed by atoms with E-state index in [0.29, 0.717) is 5.69 Å². The van der Waals surface area contributed by atoms with Crippen LogP contribution in [0.2, 0.25) is 0 Å². The third kappa shape index (κ3) is 7.26. The number of hydrogen-bond donors (Lipinski definition) is 1. The maximum absolute atomic E-state index is 14.0. The summed E-state index contributed by atoms with van der Waals surface area (Å²) in [4.78, 5) is 28.7. The lowest BCUT2D eigenvalue weighted by molar-refractivity contribution is -0.139. The van der Waals surface area contributed by atoms with Crippen molar-refractivity contribution in [1.82, 2.24) is 10.2 Å². The number of carbonyl (C=O) groups is 2. The molecule has 0 radical (unpaired) electrons. The predicted octanol–water partition coefficient (Wildman–Crippen LogP) is 5.14. The molecule has 7 nitrogen and oxygen atoms in total. The minimum Gasteiger partial charge on any atom is -0.352 e. The summed E-state index contributed by atoms with van der Waals surface area (Å²) in [6.07, 6.45) is 0.750. The lowest BCUT2D eigenvalue weighted by Gasteiger charge is -2.33. The molecule has 0 spiro atoms. The highest BCUT2D eigenvalue weighted by Gasteiger charge is 2.33. The molecule has 2 amide bonds. The van der Waals surface area contributed by atoms with Gasteiger partial charge in [-0.15, -0.1) is 0 Å². The van der Waals surface area contributed by atoms with E-state index in [-0.39, 0.29) is 23.4 Å². The van der Waals surface area contributed by atoms with Crippen LogP contribution in [0, 0.1) is 20.8 Å². The zero-order valence-electron chi connectivity index (χ0n) is 23.6. The number of hydrogen-bond acceptors (Lipinski definition) is 4. The van der Waals surface area contributed by atoms with Crippen LogP contribution < -0.4 is 9.62 Å². The second-order valence-electron chi connectivity index (χ2n) is 10.0. The van der Waals surface area contributed by atoms with Crippen molar-refractivity contribution in [3.63, 3.8) is 0 Å². The van der Waals surface area contributed by atoms with Gasteiger partial charge in [0.05, 0.1) is 10.6 Å². The van der Waals surface area contributed by atoms with E-state index in [2.05, 4.69) is 5.32 Å². The smallest absolute Gasteiger partial charge is 0.264 e. The Labute approximate surface area is 232 Å². The van der Waals surface area contributed by atoms with E-state index in [0.717, 1.165) is 33.0 Å². The monoisotopic (exact) mass is 549 g/mol. The van der Waals surface area contributed by atoms with Gasteiger partial charge in [0.1, 0.15) is 12.6 Å². The summed E-state index contributed by atoms with van der Waals surface area (Å²) in [7, 11) is -4.09. The number of nitrogens with one attached hydrogen (secondary N) is 1. The van der Waals surface area contributed by atoms with Crippen LogP contribution in [0.5, 0.6) is 0 Å². The first kappa shape index (κ1) is 29.9. The topological polar surface area (TPSA) is 86.8 Å². The van der Waals surface area contributed by atoms with Crippen molar-refractivity contribution in [3.8, 4) is 0 Å². The Morgan fingerprint density at radius 1 is 0.897 bits per heavy atom. The summed E-state index contributed by atoms with van der Waals surface area (Å²) in [5.74, 6) is -0.752. The van der Waals surface area contributed by atoms with Gasteiger partial charge in [-0.2, -0.15) is 0 Å². The van der Waals surface area contributed by atoms with Crippen LogP contribution in [0.1, 0.15) is 49.4 Å². The summed E-state index contributed by atoms with van der Waals surface area (Å²) in [5, 5.41) is 2.95. The van der Waals surface area contributed by atoms with E-state index in [1.165, 1.54) is 17.0 Å². The van der Waals surface area contributed by atoms with Crippen LogP contribution in [0.3, 0.4) is 0 Å². The lowest BCUT2D eigenvalue weighted by atomic mass is 10.1. The SMILES string of the molecule is CC[C@H](C)NC(=O)[C@@H](C)N(Cc1cccc(C)c1)C(=O)CN(c1cccc(C)c1C)S(=O)(=O)c1ccccc1. The van der Waals surface area contributed by atoms with Crippen molar-refractivity contribution in [2.24, 2.45) is 0 Å². The molecule has 0 heterocycles. The summed E-state index contributed by atoms with van der Waals surface area (Å²) in [6.45, 7) is 11.0. The van der Waals surface area contributed by atoms with Crippen molar-refractivity contribution in [3.05, 3.63) is 95.1 Å². The third-order valence-electron chi connectivity index (χ3n) is 7.06. The average Bonchev–Trinajstić information content (AvgIpc) is 2.92. The van der Waals surface area contributed by atoms with Crippen LogP contribution in [-0.4, -0.2) is 43.8 Å². The van der Waals surface area contributed by atoms with Gasteiger partial charge < -0.3 is 10.2 Å². The summed E-state index contributed by atoms with van der Waals surface area (Å²) < 4.78 is 29.0. The van der Waals surface area contributed by atoms with Crippen molar-refractivity contribution >= 4 is 27.5 Å². The van der Waals surface area contributed by atoms with Crippen molar-refractivity contribution in [2.45, 2.75) is 71.5 Å². The largest absolute Gasteiger partial charge is 0.352 e. The Kier molecular flexibility index (Phi) is 9.92. The number of nitrogens with zero attached hydrogens (tertiary/aromatic N) is 2. The zero-order chi connectivity index (χ0) is 28.7. The minimum absolute atomic E-state index is 0.0548. The van der Waals surface area contributed by atoms with Gasteiger partial charge in [-0.05, 0) is 75.9 Å². The molecule has 3 rings (SSSR count). The van der Waals surface area contributed by atoms with Crippen LogP contribution >= 0.6 is 0 Å². The second kappa shape index (κ2) is 12.9. The van der Waals surface area contributed by atoms with Gasteiger partial charge in [0.15, 0.2) is 0 Å². The highest BCUT2D eigenvalue weighted by molar-refractivity contribution is 7.92. The molecule has 39 heavy (non-hydrogen) atoms. The van der Waals surface area contributed by atoms with E-state index >= 15 is 0 Å². The molecule has 3 aromatic rings. The standard InChI is InChI=1S/C31H39N3O4S/c1-7-24(4)32-31(36)26(6)33(20-27-15-11-13-22(2)19-27)30(35)21-34(29-18-12-14-23(3)25(29)5)39(37,38)28-16-9-8-10-17-28/h8-19,24,26H,7,20-21H2,1-6H3,(H,32,36)/t24-,26+/m0/s1. The molecule has 3 aromatic carbocycles. The molecule has 0 aliphatic heterocycles. The number of aryl methyl sites for hydroxylation is 2. The molecule has 0 unspecified atom stereocenters. The molecule has 208 valence electrons. The van der Waals surface area contributed by atoms with E-state index in [1.807, 2.05) is 65.0 Å². The first-order valence-electron chi connectivity index (χ1n) is 13.2. The number of rotatable bonds is 11. The normalized spacial score (nSPS) is 12.9. The van der Waals surface area contributed by atoms with Crippen LogP contribution in [0.25, 0.3) is 0 Å². The summed E-state index contributed by atoms with van der Waals surface area (Å²) >= 11 is 0. The van der Waals surface area contributed by atoms with Crippen LogP contribution in [0.15, 0.2) is 77.7 Å². The van der Waals surface area contributed by atoms with Gasteiger partial charge >= 0.3 is 0 Å². The molecule has 0 aliphatic rings. The Morgan fingerprint density at radius 3 is 2.21 bits per heavy atom. The number of carbonyl (C=O) groups excluding carboxylic acids is 2. The van der Waals surface area contributed by atoms with Gasteiger partial charge in [-0.1, -0.05) is 67.1 Å². The second-order valence-corrected chi connectivity index (χ2v) is 11.9. The first-order valence-corrected chi connectivity index (χ1v) is 14.7. The van der Waals surface area contributed by atoms with Crippen LogP contribution in [0.4, 0.5) is 5.69 Å². The summed E-state index contributed by atoms with van der Waals surface area (Å²) in [6, 6.07) is 20.3. The minimum atomic E-state index is -4.09. The summed E-state index contributed by atoms with van der Waals surface area (Å²) in [5.41, 5.74) is 3.99. The Hall–Kier alpha value is -3.65. The fraction of sp³-hybridized carbons (Fsp3) is 0.355. The Morgan fingerprint density at radius 2 is 1.56 bits per heavy atom. The number of sulfonamides is 1. The van der Waals surface area contributed by atoms with E-state index in [9.17, 15) is 18.0 Å². The van der Waals surface area contributed by atoms with Gasteiger partial charge in [0, 0.05) is 12.6 Å². The molecule has 0 fully saturated rings. The maximum atomic E-state index is 14.0. The highest BCUT2D eigenvalue weighted by Crippen LogP contribution is 2.29. The fourth-order valence-electron chi connectivity index (χ4n) is 4.29. The van der Waals surface area contributed by atoms with Crippen molar-refractivity contribution in [1.29, 1.82) is 0 Å². The molecule has 0 aliphatic carbocycles. The molecular formula is C31H39N3O4S. The highest BCUT2D eigenvalue weighted by atomic mass is 32.2. The molecule has 2 atom stereocenters. The quantitative estimate of drug-likeness (QED) is 0.359. The van der Waals surface area contributed by atoms with E-state index < -0.39 is 28.5 Å². The average molecular weight is 550 g/mol. The van der Waals surface area contributed by atoms with Gasteiger partial charge in [0.25, 0.3) is 10.0 Å². The Bertz CT molecular complexity index is 1410. The molecule has 0 aromatic heterocycles. The maximum Gasteiger partial charge on any atom is 0.264 e. The molecular weight excluding hydrogens is 510 g/mol. The Balaban J connectivity index is 2.06. The molecule has 0 saturated heterocycles. The van der Waals surface area contributed by atoms with E-state index in [4.69, 9.17) is 0 Å². The van der Waals surface area contributed by atoms with Gasteiger partial charge in [-0.3, -0.25) is 13.9 Å². The first-order chi connectivity index (χ1) is 18.4. The third-order valence-corrected chi connectivity index (χ3v) is 8.83. The zero-order valence-corrected chi connectivity index (χ0v) is 24.5. The fourth-order valence-corrected chi connectivity index (χ4v) is 5.79. The van der Waals surface area contributed by atoms with Crippen molar-refractivity contribution in [2.75, 3.05) is 10.8 Å². The van der Waals surface area contributed by atoms with Crippen LogP contribution in [-0.2, 0) is 26.2 Å². The molecule has 1 N–H and O–H groups in total. The van der Waals surface area contributed by atoms with Gasteiger partial charge in [0.2, 0.25) is 11.8 Å². The predicted molar refractivity (Wildman–Crippen MR) is 156 cm³/mol. The molecule has 8 heteroatoms.